The monoisotopic (exact) mass is 187 g/mol. The number of carbonyl (C=O) groups is 2. The van der Waals surface area contributed by atoms with Gasteiger partial charge in [0, 0.05) is 5.41 Å². The molecule has 76 valence electrons. The predicted molar refractivity (Wildman–Crippen MR) is 49.6 cm³/mol. The van der Waals surface area contributed by atoms with Crippen LogP contribution in [0, 0.1) is 5.41 Å². The third kappa shape index (κ3) is 4.62. The maximum atomic E-state index is 11.3. The van der Waals surface area contributed by atoms with Gasteiger partial charge in [-0.2, -0.15) is 0 Å². The molecule has 13 heavy (non-hydrogen) atoms. The summed E-state index contributed by atoms with van der Waals surface area (Å²) in [6.07, 6.45) is 0. The number of hydrogen-bond acceptors (Lipinski definition) is 3. The third-order valence-corrected chi connectivity index (χ3v) is 1.78. The average Bonchev–Trinajstić information content (AvgIpc) is 1.97. The van der Waals surface area contributed by atoms with Crippen molar-refractivity contribution < 1.29 is 14.7 Å². The number of aliphatic carboxylic acids is 1. The van der Waals surface area contributed by atoms with Crippen LogP contribution in [0.5, 0.6) is 0 Å². The molecule has 0 aromatic heterocycles. The number of Topliss-reactive ketones (excluding diaryl/α,β-unsaturated/α-hetero) is 1. The number of carbonyl (C=O) groups excluding carboxylic acids is 1. The predicted octanol–water partition coefficient (Wildman–Crippen LogP) is 0.664. The summed E-state index contributed by atoms with van der Waals surface area (Å²) in [5, 5.41) is 11.2. The van der Waals surface area contributed by atoms with Crippen molar-refractivity contribution >= 4 is 11.8 Å². The van der Waals surface area contributed by atoms with Crippen LogP contribution in [0.1, 0.15) is 27.7 Å². The van der Waals surface area contributed by atoms with Crippen LogP contribution in [0.3, 0.4) is 0 Å². The summed E-state index contributed by atoms with van der Waals surface area (Å²) in [5.41, 5.74) is -0.411. The summed E-state index contributed by atoms with van der Waals surface area (Å²) in [6.45, 7) is 7.04. The highest BCUT2D eigenvalue weighted by Gasteiger charge is 2.22. The quantitative estimate of drug-likeness (QED) is 0.678. The molecular formula is C9H17NO3. The van der Waals surface area contributed by atoms with Crippen molar-refractivity contribution in [1.29, 1.82) is 0 Å². The Hall–Kier alpha value is -0.900. The second-order valence-electron chi connectivity index (χ2n) is 4.11. The van der Waals surface area contributed by atoms with E-state index in [0.717, 1.165) is 0 Å². The first-order valence-corrected chi connectivity index (χ1v) is 4.24. The van der Waals surface area contributed by atoms with E-state index in [2.05, 4.69) is 5.32 Å². The van der Waals surface area contributed by atoms with Crippen molar-refractivity contribution in [2.24, 2.45) is 5.41 Å². The highest BCUT2D eigenvalue weighted by Crippen LogP contribution is 2.13. The van der Waals surface area contributed by atoms with Gasteiger partial charge in [-0.1, -0.05) is 20.8 Å². The molecule has 4 nitrogen and oxygen atoms in total. The fourth-order valence-corrected chi connectivity index (χ4v) is 0.598. The van der Waals surface area contributed by atoms with E-state index < -0.39 is 17.4 Å². The van der Waals surface area contributed by atoms with E-state index in [1.165, 1.54) is 6.92 Å². The van der Waals surface area contributed by atoms with Gasteiger partial charge >= 0.3 is 5.97 Å². The van der Waals surface area contributed by atoms with Crippen LogP contribution < -0.4 is 5.32 Å². The lowest BCUT2D eigenvalue weighted by Gasteiger charge is -2.17. The van der Waals surface area contributed by atoms with Gasteiger partial charge in [-0.3, -0.25) is 14.9 Å². The Kier molecular flexibility index (Phi) is 4.07. The van der Waals surface area contributed by atoms with Gasteiger partial charge < -0.3 is 5.11 Å². The Labute approximate surface area is 78.3 Å². The van der Waals surface area contributed by atoms with E-state index in [0.29, 0.717) is 0 Å². The summed E-state index contributed by atoms with van der Waals surface area (Å²) >= 11 is 0. The highest BCUT2D eigenvalue weighted by atomic mass is 16.4. The van der Waals surface area contributed by atoms with Crippen molar-refractivity contribution in [3.63, 3.8) is 0 Å². The van der Waals surface area contributed by atoms with Gasteiger partial charge in [-0.25, -0.2) is 0 Å². The van der Waals surface area contributed by atoms with E-state index >= 15 is 0 Å². The maximum absolute atomic E-state index is 11.3. The molecule has 0 saturated carbocycles. The Bertz CT molecular complexity index is 205. The van der Waals surface area contributed by atoms with Gasteiger partial charge in [0.2, 0.25) is 0 Å². The van der Waals surface area contributed by atoms with Gasteiger partial charge in [0.25, 0.3) is 0 Å². The number of carboxylic acids is 1. The Morgan fingerprint density at radius 2 is 1.85 bits per heavy atom. The summed E-state index contributed by atoms with van der Waals surface area (Å²) in [6, 6.07) is -0.675. The molecule has 0 amide bonds. The van der Waals surface area contributed by atoms with E-state index in [4.69, 9.17) is 5.11 Å². The molecule has 0 aliphatic carbocycles. The number of carboxylic acid groups (broad SMARTS) is 1. The van der Waals surface area contributed by atoms with Gasteiger partial charge in [-0.05, 0) is 6.92 Å². The second-order valence-corrected chi connectivity index (χ2v) is 4.11. The fraction of sp³-hybridized carbons (Fsp3) is 0.778. The molecule has 0 aromatic carbocycles. The molecule has 2 N–H and O–H groups in total. The number of hydrogen-bond donors (Lipinski definition) is 2. The van der Waals surface area contributed by atoms with E-state index in [-0.39, 0.29) is 12.3 Å². The lowest BCUT2D eigenvalue weighted by Crippen LogP contribution is -2.40. The molecule has 1 unspecified atom stereocenters. The fourth-order valence-electron chi connectivity index (χ4n) is 0.598. The Balaban J connectivity index is 3.91. The number of nitrogens with one attached hydrogen (secondary N) is 1. The zero-order valence-corrected chi connectivity index (χ0v) is 8.55. The molecule has 0 heterocycles. The Morgan fingerprint density at radius 3 is 2.15 bits per heavy atom. The lowest BCUT2D eigenvalue weighted by atomic mass is 9.91. The minimum absolute atomic E-state index is 0.0144. The third-order valence-electron chi connectivity index (χ3n) is 1.78. The van der Waals surface area contributed by atoms with E-state index in [1.807, 2.05) is 20.8 Å². The van der Waals surface area contributed by atoms with Crippen LogP contribution >= 0.6 is 0 Å². The molecule has 0 bridgehead atoms. The minimum Gasteiger partial charge on any atom is -0.480 e. The van der Waals surface area contributed by atoms with Crippen LogP contribution in [0.2, 0.25) is 0 Å². The van der Waals surface area contributed by atoms with E-state index in [9.17, 15) is 9.59 Å². The standard InChI is InChI=1S/C9H17NO3/c1-6(8(12)13)10-5-7(11)9(2,3)4/h6,10H,5H2,1-4H3,(H,12,13). The van der Waals surface area contributed by atoms with Crippen LogP contribution in [-0.2, 0) is 9.59 Å². The molecule has 0 rings (SSSR count). The molecule has 0 spiro atoms. The summed E-state index contributed by atoms with van der Waals surface area (Å²) in [5.74, 6) is -0.928. The molecule has 0 aliphatic heterocycles. The molecule has 0 saturated heterocycles. The topological polar surface area (TPSA) is 66.4 Å². The average molecular weight is 187 g/mol. The second kappa shape index (κ2) is 4.37. The molecule has 4 heteroatoms. The summed E-state index contributed by atoms with van der Waals surface area (Å²) < 4.78 is 0. The van der Waals surface area contributed by atoms with Gasteiger partial charge in [-0.15, -0.1) is 0 Å². The summed E-state index contributed by atoms with van der Waals surface area (Å²) in [7, 11) is 0. The number of rotatable bonds is 4. The molecule has 0 fully saturated rings. The SMILES string of the molecule is CC(NCC(=O)C(C)(C)C)C(=O)O. The van der Waals surface area contributed by atoms with Gasteiger partial charge in [0.15, 0.2) is 5.78 Å². The highest BCUT2D eigenvalue weighted by molar-refractivity contribution is 5.86. The summed E-state index contributed by atoms with van der Waals surface area (Å²) in [4.78, 5) is 21.7. The lowest BCUT2D eigenvalue weighted by molar-refractivity contribution is -0.139. The molecular weight excluding hydrogens is 170 g/mol. The first-order chi connectivity index (χ1) is 5.75. The van der Waals surface area contributed by atoms with Crippen molar-refractivity contribution in [3.05, 3.63) is 0 Å². The van der Waals surface area contributed by atoms with Crippen LogP contribution in [0.4, 0.5) is 0 Å². The zero-order valence-electron chi connectivity index (χ0n) is 8.55. The van der Waals surface area contributed by atoms with E-state index in [1.54, 1.807) is 0 Å². The van der Waals surface area contributed by atoms with Crippen molar-refractivity contribution in [1.82, 2.24) is 5.32 Å². The zero-order chi connectivity index (χ0) is 10.6. The van der Waals surface area contributed by atoms with Gasteiger partial charge in [0.1, 0.15) is 6.04 Å². The molecule has 1 atom stereocenters. The Morgan fingerprint density at radius 1 is 1.38 bits per heavy atom. The molecule has 0 radical (unpaired) electrons. The first-order valence-electron chi connectivity index (χ1n) is 4.24. The van der Waals surface area contributed by atoms with Crippen LogP contribution in [0.25, 0.3) is 0 Å². The smallest absolute Gasteiger partial charge is 0.320 e. The molecule has 0 aliphatic rings. The van der Waals surface area contributed by atoms with Crippen molar-refractivity contribution in [2.75, 3.05) is 6.54 Å². The van der Waals surface area contributed by atoms with Crippen molar-refractivity contribution in [2.45, 2.75) is 33.7 Å². The van der Waals surface area contributed by atoms with Gasteiger partial charge in [0.05, 0.1) is 6.54 Å². The van der Waals surface area contributed by atoms with Crippen molar-refractivity contribution in [3.8, 4) is 0 Å². The first kappa shape index (κ1) is 12.1. The van der Waals surface area contributed by atoms with Crippen LogP contribution in [0.15, 0.2) is 0 Å². The van der Waals surface area contributed by atoms with Crippen LogP contribution in [-0.4, -0.2) is 29.4 Å². The maximum Gasteiger partial charge on any atom is 0.320 e. The minimum atomic E-state index is -0.943. The largest absolute Gasteiger partial charge is 0.480 e. The number of ketones is 1. The molecule has 0 aromatic rings. The normalized spacial score (nSPS) is 13.8.